The predicted molar refractivity (Wildman–Crippen MR) is 79.8 cm³/mol. The van der Waals surface area contributed by atoms with Crippen LogP contribution in [0.4, 0.5) is 0 Å². The first-order chi connectivity index (χ1) is 8.22. The molecule has 19 heavy (non-hydrogen) atoms. The van der Waals surface area contributed by atoms with Crippen molar-refractivity contribution in [1.82, 2.24) is 9.62 Å². The summed E-state index contributed by atoms with van der Waals surface area (Å²) in [4.78, 5) is 11.6. The molecule has 116 valence electrons. The summed E-state index contributed by atoms with van der Waals surface area (Å²) >= 11 is 0. The Labute approximate surface area is 122 Å². The van der Waals surface area contributed by atoms with Crippen LogP contribution >= 0.6 is 12.4 Å². The first kappa shape index (κ1) is 20.9. The summed E-state index contributed by atoms with van der Waals surface area (Å²) in [7, 11) is -1.58. The van der Waals surface area contributed by atoms with E-state index in [0.29, 0.717) is 19.5 Å². The fraction of sp³-hybridized carbons (Fsp3) is 0.909. The number of carbonyl (C=O) groups is 1. The first-order valence-corrected chi connectivity index (χ1v) is 7.80. The van der Waals surface area contributed by atoms with Crippen LogP contribution in [0.2, 0.25) is 0 Å². The van der Waals surface area contributed by atoms with Gasteiger partial charge in [0.1, 0.15) is 0 Å². The van der Waals surface area contributed by atoms with Crippen LogP contribution in [0.3, 0.4) is 0 Å². The third kappa shape index (κ3) is 7.71. The van der Waals surface area contributed by atoms with Gasteiger partial charge in [-0.15, -0.1) is 12.4 Å². The fourth-order valence-corrected chi connectivity index (χ4v) is 2.12. The molecule has 0 fully saturated rings. The average Bonchev–Trinajstić information content (AvgIpc) is 2.32. The molecule has 0 aromatic rings. The third-order valence-corrected chi connectivity index (χ3v) is 4.85. The standard InChI is InChI=1S/C11H25N3O3S.ClH/c1-5-18(16,17)14(4)8-6-7-13-11(15)9(2)10(3)12;/h9-10H,5-8,12H2,1-4H3,(H,13,15);1H. The summed E-state index contributed by atoms with van der Waals surface area (Å²) in [6.07, 6.45) is 0.590. The molecule has 1 amide bonds. The topological polar surface area (TPSA) is 92.5 Å². The maximum Gasteiger partial charge on any atom is 0.224 e. The molecule has 2 atom stereocenters. The van der Waals surface area contributed by atoms with E-state index in [1.807, 2.05) is 0 Å². The number of carbonyl (C=O) groups excluding carboxylic acids is 1. The average molecular weight is 316 g/mol. The van der Waals surface area contributed by atoms with Gasteiger partial charge in [-0.25, -0.2) is 12.7 Å². The number of sulfonamides is 1. The van der Waals surface area contributed by atoms with Crippen LogP contribution in [-0.4, -0.2) is 50.6 Å². The van der Waals surface area contributed by atoms with Gasteiger partial charge in [0, 0.05) is 32.1 Å². The van der Waals surface area contributed by atoms with Gasteiger partial charge in [0.05, 0.1) is 5.75 Å². The second-order valence-electron chi connectivity index (χ2n) is 4.51. The van der Waals surface area contributed by atoms with Crippen LogP contribution in [0, 0.1) is 5.92 Å². The molecule has 0 saturated carbocycles. The molecular weight excluding hydrogens is 290 g/mol. The Balaban J connectivity index is 0. The Morgan fingerprint density at radius 1 is 1.37 bits per heavy atom. The molecule has 0 saturated heterocycles. The lowest BCUT2D eigenvalue weighted by Gasteiger charge is -2.17. The maximum atomic E-state index is 11.6. The van der Waals surface area contributed by atoms with Crippen LogP contribution in [0.25, 0.3) is 0 Å². The molecule has 8 heteroatoms. The molecule has 0 bridgehead atoms. The molecule has 0 rings (SSSR count). The fourth-order valence-electron chi connectivity index (χ4n) is 1.27. The van der Waals surface area contributed by atoms with Crippen molar-refractivity contribution in [2.45, 2.75) is 33.2 Å². The van der Waals surface area contributed by atoms with E-state index in [-0.39, 0.29) is 36.0 Å². The number of nitrogens with two attached hydrogens (primary N) is 1. The number of nitrogens with zero attached hydrogens (tertiary/aromatic N) is 1. The Morgan fingerprint density at radius 2 is 1.89 bits per heavy atom. The van der Waals surface area contributed by atoms with Gasteiger partial charge >= 0.3 is 0 Å². The zero-order valence-electron chi connectivity index (χ0n) is 12.0. The number of hydrogen-bond donors (Lipinski definition) is 2. The minimum absolute atomic E-state index is 0. The molecule has 0 radical (unpaired) electrons. The van der Waals surface area contributed by atoms with Crippen molar-refractivity contribution >= 4 is 28.3 Å². The number of rotatable bonds is 8. The van der Waals surface area contributed by atoms with Crippen molar-refractivity contribution in [2.75, 3.05) is 25.9 Å². The summed E-state index contributed by atoms with van der Waals surface area (Å²) in [5.74, 6) is -0.231. The highest BCUT2D eigenvalue weighted by Crippen LogP contribution is 2.00. The molecule has 0 aromatic heterocycles. The highest BCUT2D eigenvalue weighted by atomic mass is 35.5. The summed E-state index contributed by atoms with van der Waals surface area (Å²) < 4.78 is 24.2. The molecular formula is C11H26ClN3O3S. The maximum absolute atomic E-state index is 11.6. The lowest BCUT2D eigenvalue weighted by Crippen LogP contribution is -2.39. The SMILES string of the molecule is CCS(=O)(=O)N(C)CCCNC(=O)C(C)C(C)N.Cl. The number of hydrogen-bond acceptors (Lipinski definition) is 4. The molecule has 0 aliphatic heterocycles. The van der Waals surface area contributed by atoms with Crippen LogP contribution < -0.4 is 11.1 Å². The van der Waals surface area contributed by atoms with Crippen molar-refractivity contribution in [3.05, 3.63) is 0 Å². The zero-order chi connectivity index (χ0) is 14.3. The van der Waals surface area contributed by atoms with Gasteiger partial charge in [-0.2, -0.15) is 0 Å². The Kier molecular flexibility index (Phi) is 10.5. The van der Waals surface area contributed by atoms with E-state index in [9.17, 15) is 13.2 Å². The summed E-state index contributed by atoms with van der Waals surface area (Å²) in [6, 6.07) is -0.187. The molecule has 0 aromatic carbocycles. The Bertz CT molecular complexity index is 360. The molecule has 2 unspecified atom stereocenters. The first-order valence-electron chi connectivity index (χ1n) is 6.19. The van der Waals surface area contributed by atoms with E-state index < -0.39 is 10.0 Å². The van der Waals surface area contributed by atoms with Crippen molar-refractivity contribution in [3.8, 4) is 0 Å². The predicted octanol–water partition coefficient (Wildman–Crippen LogP) is 0.179. The molecule has 0 aliphatic carbocycles. The van der Waals surface area contributed by atoms with Crippen molar-refractivity contribution in [1.29, 1.82) is 0 Å². The second kappa shape index (κ2) is 9.52. The van der Waals surface area contributed by atoms with Gasteiger partial charge in [0.2, 0.25) is 15.9 Å². The van der Waals surface area contributed by atoms with Gasteiger partial charge in [-0.05, 0) is 20.3 Å². The highest BCUT2D eigenvalue weighted by Gasteiger charge is 2.17. The third-order valence-electron chi connectivity index (χ3n) is 2.99. The van der Waals surface area contributed by atoms with E-state index in [0.717, 1.165) is 0 Å². The lowest BCUT2D eigenvalue weighted by molar-refractivity contribution is -0.124. The number of amides is 1. The highest BCUT2D eigenvalue weighted by molar-refractivity contribution is 7.89. The van der Waals surface area contributed by atoms with Crippen LogP contribution in [-0.2, 0) is 14.8 Å². The van der Waals surface area contributed by atoms with Gasteiger partial charge in [-0.3, -0.25) is 4.79 Å². The lowest BCUT2D eigenvalue weighted by atomic mass is 10.0. The molecule has 0 spiro atoms. The molecule has 3 N–H and O–H groups in total. The van der Waals surface area contributed by atoms with Crippen molar-refractivity contribution in [2.24, 2.45) is 11.7 Å². The second-order valence-corrected chi connectivity index (χ2v) is 6.88. The van der Waals surface area contributed by atoms with Crippen LogP contribution in [0.5, 0.6) is 0 Å². The number of halogens is 1. The van der Waals surface area contributed by atoms with Crippen LogP contribution in [0.15, 0.2) is 0 Å². The summed E-state index contributed by atoms with van der Waals surface area (Å²) in [5, 5.41) is 2.75. The summed E-state index contributed by atoms with van der Waals surface area (Å²) in [5.41, 5.74) is 5.62. The van der Waals surface area contributed by atoms with Gasteiger partial charge in [-0.1, -0.05) is 6.92 Å². The van der Waals surface area contributed by atoms with E-state index in [2.05, 4.69) is 5.32 Å². The zero-order valence-corrected chi connectivity index (χ0v) is 13.7. The van der Waals surface area contributed by atoms with E-state index in [1.54, 1.807) is 27.8 Å². The van der Waals surface area contributed by atoms with E-state index in [1.165, 1.54) is 4.31 Å². The number of nitrogens with one attached hydrogen (secondary N) is 1. The molecule has 0 aliphatic rings. The van der Waals surface area contributed by atoms with Crippen molar-refractivity contribution in [3.63, 3.8) is 0 Å². The summed E-state index contributed by atoms with van der Waals surface area (Å²) in [6.45, 7) is 6.03. The minimum Gasteiger partial charge on any atom is -0.356 e. The van der Waals surface area contributed by atoms with E-state index in [4.69, 9.17) is 5.73 Å². The largest absolute Gasteiger partial charge is 0.356 e. The normalized spacial score (nSPS) is 14.6. The van der Waals surface area contributed by atoms with Gasteiger partial charge < -0.3 is 11.1 Å². The van der Waals surface area contributed by atoms with Gasteiger partial charge in [0.25, 0.3) is 0 Å². The van der Waals surface area contributed by atoms with Crippen molar-refractivity contribution < 1.29 is 13.2 Å². The quantitative estimate of drug-likeness (QED) is 0.625. The smallest absolute Gasteiger partial charge is 0.224 e. The molecule has 0 heterocycles. The minimum atomic E-state index is -3.13. The van der Waals surface area contributed by atoms with Crippen LogP contribution in [0.1, 0.15) is 27.2 Å². The van der Waals surface area contributed by atoms with E-state index >= 15 is 0 Å². The van der Waals surface area contributed by atoms with Gasteiger partial charge in [0.15, 0.2) is 0 Å². The molecule has 6 nitrogen and oxygen atoms in total. The Morgan fingerprint density at radius 3 is 2.32 bits per heavy atom. The monoisotopic (exact) mass is 315 g/mol. The Hall–Kier alpha value is -0.370.